The van der Waals surface area contributed by atoms with Crippen molar-refractivity contribution in [3.63, 3.8) is 0 Å². The maximum absolute atomic E-state index is 12.4. The van der Waals surface area contributed by atoms with E-state index in [0.717, 1.165) is 0 Å². The van der Waals surface area contributed by atoms with Gasteiger partial charge >= 0.3 is 0 Å². The van der Waals surface area contributed by atoms with Gasteiger partial charge in [-0.1, -0.05) is 0 Å². The zero-order chi connectivity index (χ0) is 10.1. The maximum Gasteiger partial charge on any atom is 0.252 e. The zero-order valence-corrected chi connectivity index (χ0v) is 7.43. The molecule has 0 spiro atoms. The van der Waals surface area contributed by atoms with Crippen LogP contribution in [0.3, 0.4) is 0 Å². The Bertz CT molecular complexity index is 310. The number of alkyl halides is 2. The van der Waals surface area contributed by atoms with Gasteiger partial charge in [0.15, 0.2) is 5.76 Å². The molecular formula is C9H10F2O2. The number of ketones is 1. The summed E-state index contributed by atoms with van der Waals surface area (Å²) in [4.78, 5) is 11.1. The largest absolute Gasteiger partial charge is 0.458 e. The van der Waals surface area contributed by atoms with Crippen LogP contribution in [0.15, 0.2) is 16.5 Å². The summed E-state index contributed by atoms with van der Waals surface area (Å²) in [6.45, 7) is 2.36. The first-order valence-corrected chi connectivity index (χ1v) is 3.86. The molecule has 0 bridgehead atoms. The summed E-state index contributed by atoms with van der Waals surface area (Å²) in [5.74, 6) is -3.10. The predicted octanol–water partition coefficient (Wildman–Crippen LogP) is 2.82. The molecule has 2 nitrogen and oxygen atoms in total. The predicted molar refractivity (Wildman–Crippen MR) is 43.0 cm³/mol. The molecule has 0 aromatic carbocycles. The quantitative estimate of drug-likeness (QED) is 0.682. The first-order valence-electron chi connectivity index (χ1n) is 3.86. The summed E-state index contributed by atoms with van der Waals surface area (Å²) in [6, 6.07) is 2.98. The summed E-state index contributed by atoms with van der Waals surface area (Å²) in [5, 5.41) is 0. The fourth-order valence-corrected chi connectivity index (χ4v) is 0.953. The highest BCUT2D eigenvalue weighted by atomic mass is 19.3. The molecule has 0 N–H and O–H groups in total. The molecular weight excluding hydrogens is 178 g/mol. The Hall–Kier alpha value is -1.19. The Morgan fingerprint density at radius 3 is 2.54 bits per heavy atom. The van der Waals surface area contributed by atoms with E-state index >= 15 is 0 Å². The monoisotopic (exact) mass is 188 g/mol. The van der Waals surface area contributed by atoms with E-state index in [4.69, 9.17) is 4.42 Å². The molecule has 0 radical (unpaired) electrons. The normalized spacial score (nSPS) is 11.7. The number of carbonyl (C=O) groups is 1. The number of furan rings is 1. The molecule has 0 aliphatic carbocycles. The molecule has 0 amide bonds. The lowest BCUT2D eigenvalue weighted by Gasteiger charge is -2.06. The van der Waals surface area contributed by atoms with Gasteiger partial charge in [-0.05, 0) is 26.0 Å². The van der Waals surface area contributed by atoms with Gasteiger partial charge in [0.2, 0.25) is 5.78 Å². The van der Waals surface area contributed by atoms with E-state index in [-0.39, 0.29) is 5.76 Å². The van der Waals surface area contributed by atoms with Gasteiger partial charge in [0.25, 0.3) is 5.92 Å². The molecule has 1 heterocycles. The van der Waals surface area contributed by atoms with Crippen LogP contribution in [0.5, 0.6) is 0 Å². The molecule has 0 saturated heterocycles. The molecule has 1 rings (SSSR count). The van der Waals surface area contributed by atoms with Gasteiger partial charge in [-0.2, -0.15) is 0 Å². The van der Waals surface area contributed by atoms with Crippen LogP contribution in [0.1, 0.15) is 29.7 Å². The fraction of sp³-hybridized carbons (Fsp3) is 0.444. The molecule has 13 heavy (non-hydrogen) atoms. The minimum absolute atomic E-state index is 0.000903. The summed E-state index contributed by atoms with van der Waals surface area (Å²) in [5.41, 5.74) is 0. The number of halogens is 2. The first kappa shape index (κ1) is 9.89. The van der Waals surface area contributed by atoms with Gasteiger partial charge in [0, 0.05) is 0 Å². The van der Waals surface area contributed by atoms with Crippen LogP contribution < -0.4 is 0 Å². The molecule has 0 fully saturated rings. The molecule has 4 heteroatoms. The van der Waals surface area contributed by atoms with E-state index in [1.54, 1.807) is 13.0 Å². The fourth-order valence-electron chi connectivity index (χ4n) is 0.953. The van der Waals surface area contributed by atoms with Crippen molar-refractivity contribution in [2.75, 3.05) is 0 Å². The van der Waals surface area contributed by atoms with Crippen LogP contribution in [0.2, 0.25) is 0 Å². The number of rotatable bonds is 3. The third-order valence-corrected chi connectivity index (χ3v) is 1.49. The Labute approximate surface area is 74.5 Å². The van der Waals surface area contributed by atoms with Crippen LogP contribution in [0, 0.1) is 6.92 Å². The molecule has 72 valence electrons. The lowest BCUT2D eigenvalue weighted by molar-refractivity contribution is 0.0146. The third kappa shape index (κ3) is 2.97. The number of aryl methyl sites for hydroxylation is 1. The Morgan fingerprint density at radius 1 is 1.54 bits per heavy atom. The van der Waals surface area contributed by atoms with E-state index in [0.29, 0.717) is 12.7 Å². The van der Waals surface area contributed by atoms with Gasteiger partial charge in [-0.25, -0.2) is 8.78 Å². The van der Waals surface area contributed by atoms with Crippen molar-refractivity contribution in [2.24, 2.45) is 0 Å². The Kier molecular flexibility index (Phi) is 2.50. The number of carbonyl (C=O) groups excluding carboxylic acids is 1. The minimum atomic E-state index is -2.97. The van der Waals surface area contributed by atoms with Crippen molar-refractivity contribution in [3.05, 3.63) is 23.7 Å². The third-order valence-electron chi connectivity index (χ3n) is 1.49. The van der Waals surface area contributed by atoms with Crippen LogP contribution in [-0.4, -0.2) is 11.7 Å². The van der Waals surface area contributed by atoms with Gasteiger partial charge in [-0.15, -0.1) is 0 Å². The Morgan fingerprint density at radius 2 is 2.15 bits per heavy atom. The lowest BCUT2D eigenvalue weighted by Crippen LogP contribution is -2.16. The maximum atomic E-state index is 12.4. The SMILES string of the molecule is Cc1ccc(C(=O)CC(C)(F)F)o1. The van der Waals surface area contributed by atoms with Gasteiger partial charge in [0.1, 0.15) is 5.76 Å². The second-order valence-electron chi connectivity index (χ2n) is 3.08. The van der Waals surface area contributed by atoms with E-state index in [1.165, 1.54) is 6.07 Å². The molecule has 0 atom stereocenters. The van der Waals surface area contributed by atoms with Crippen LogP contribution in [0.4, 0.5) is 8.78 Å². The highest BCUT2D eigenvalue weighted by Crippen LogP contribution is 2.20. The average Bonchev–Trinajstić information content (AvgIpc) is 2.31. The van der Waals surface area contributed by atoms with Gasteiger partial charge in [0.05, 0.1) is 6.42 Å². The van der Waals surface area contributed by atoms with Crippen LogP contribution in [-0.2, 0) is 0 Å². The van der Waals surface area contributed by atoms with Gasteiger partial charge < -0.3 is 4.42 Å². The number of hydrogen-bond donors (Lipinski definition) is 0. The lowest BCUT2D eigenvalue weighted by atomic mass is 10.1. The van der Waals surface area contributed by atoms with E-state index < -0.39 is 18.1 Å². The van der Waals surface area contributed by atoms with E-state index in [9.17, 15) is 13.6 Å². The minimum Gasteiger partial charge on any atom is -0.458 e. The van der Waals surface area contributed by atoms with Crippen LogP contribution >= 0.6 is 0 Å². The second kappa shape index (κ2) is 3.28. The number of Topliss-reactive ketones (excluding diaryl/α,β-unsaturated/α-hetero) is 1. The molecule has 1 aromatic heterocycles. The highest BCUT2D eigenvalue weighted by Gasteiger charge is 2.27. The topological polar surface area (TPSA) is 30.2 Å². The molecule has 0 saturated carbocycles. The van der Waals surface area contributed by atoms with Gasteiger partial charge in [-0.3, -0.25) is 4.79 Å². The highest BCUT2D eigenvalue weighted by molar-refractivity contribution is 5.93. The van der Waals surface area contributed by atoms with Crippen molar-refractivity contribution in [3.8, 4) is 0 Å². The van der Waals surface area contributed by atoms with E-state index in [1.807, 2.05) is 0 Å². The second-order valence-corrected chi connectivity index (χ2v) is 3.08. The molecule has 1 aromatic rings. The standard InChI is InChI=1S/C9H10F2O2/c1-6-3-4-8(13-6)7(12)5-9(2,10)11/h3-4H,5H2,1-2H3. The summed E-state index contributed by atoms with van der Waals surface area (Å²) < 4.78 is 29.7. The Balaban J connectivity index is 2.70. The van der Waals surface area contributed by atoms with E-state index in [2.05, 4.69) is 0 Å². The average molecular weight is 188 g/mol. The van der Waals surface area contributed by atoms with Crippen molar-refractivity contribution in [1.29, 1.82) is 0 Å². The summed E-state index contributed by atoms with van der Waals surface area (Å²) in [6.07, 6.45) is -0.806. The van der Waals surface area contributed by atoms with Crippen molar-refractivity contribution in [1.82, 2.24) is 0 Å². The molecule has 0 unspecified atom stereocenters. The summed E-state index contributed by atoms with van der Waals surface area (Å²) in [7, 11) is 0. The number of hydrogen-bond acceptors (Lipinski definition) is 2. The summed E-state index contributed by atoms with van der Waals surface area (Å²) >= 11 is 0. The van der Waals surface area contributed by atoms with Crippen molar-refractivity contribution >= 4 is 5.78 Å². The molecule has 0 aliphatic rings. The molecule has 0 aliphatic heterocycles. The van der Waals surface area contributed by atoms with Crippen LogP contribution in [0.25, 0.3) is 0 Å². The smallest absolute Gasteiger partial charge is 0.252 e. The van der Waals surface area contributed by atoms with Crippen molar-refractivity contribution in [2.45, 2.75) is 26.2 Å². The first-order chi connectivity index (χ1) is 5.88. The van der Waals surface area contributed by atoms with Crippen molar-refractivity contribution < 1.29 is 18.0 Å². The zero-order valence-electron chi connectivity index (χ0n) is 7.43.